The lowest BCUT2D eigenvalue weighted by Crippen LogP contribution is -2.46. The molecule has 3 heteroatoms. The molecule has 0 bridgehead atoms. The molecule has 3 nitrogen and oxygen atoms in total. The van der Waals surface area contributed by atoms with E-state index in [2.05, 4.69) is 28.8 Å². The number of nitrogens with one attached hydrogen (secondary N) is 2. The number of benzene rings is 1. The van der Waals surface area contributed by atoms with Crippen LogP contribution >= 0.6 is 0 Å². The van der Waals surface area contributed by atoms with E-state index in [0.29, 0.717) is 0 Å². The fourth-order valence-electron chi connectivity index (χ4n) is 2.93. The third kappa shape index (κ3) is 1.47. The second-order valence-corrected chi connectivity index (χ2v) is 4.82. The van der Waals surface area contributed by atoms with Crippen LogP contribution in [0.3, 0.4) is 0 Å². The first-order chi connectivity index (χ1) is 7.83. The zero-order valence-corrected chi connectivity index (χ0v) is 9.68. The fourth-order valence-corrected chi connectivity index (χ4v) is 2.93. The topological polar surface area (TPSA) is 33.3 Å². The van der Waals surface area contributed by atoms with Gasteiger partial charge in [-0.15, -0.1) is 0 Å². The van der Waals surface area contributed by atoms with Gasteiger partial charge in [-0.3, -0.25) is 0 Å². The highest BCUT2D eigenvalue weighted by atomic mass is 16.5. The Kier molecular flexibility index (Phi) is 2.28. The Balaban J connectivity index is 1.93. The minimum absolute atomic E-state index is 0.280. The Bertz CT molecular complexity index is 397. The highest BCUT2D eigenvalue weighted by Crippen LogP contribution is 2.41. The van der Waals surface area contributed by atoms with Crippen molar-refractivity contribution in [2.24, 2.45) is 0 Å². The highest BCUT2D eigenvalue weighted by Gasteiger charge is 2.38. The molecule has 1 aromatic carbocycles. The van der Waals surface area contributed by atoms with Gasteiger partial charge in [0, 0.05) is 23.2 Å². The third-order valence-electron chi connectivity index (χ3n) is 3.83. The van der Waals surface area contributed by atoms with Crippen LogP contribution in [0.1, 0.15) is 18.4 Å². The van der Waals surface area contributed by atoms with E-state index in [1.807, 2.05) is 0 Å². The van der Waals surface area contributed by atoms with Crippen LogP contribution in [-0.2, 0) is 6.42 Å². The normalized spacial score (nSPS) is 21.6. The molecule has 0 aliphatic carbocycles. The van der Waals surface area contributed by atoms with Gasteiger partial charge in [0.25, 0.3) is 0 Å². The lowest BCUT2D eigenvalue weighted by molar-refractivity contribution is 0.343. The van der Waals surface area contributed by atoms with Crippen molar-refractivity contribution in [3.05, 3.63) is 23.8 Å². The van der Waals surface area contributed by atoms with Crippen LogP contribution in [0.5, 0.6) is 5.75 Å². The van der Waals surface area contributed by atoms with E-state index >= 15 is 0 Å². The molecule has 0 unspecified atom stereocenters. The number of fused-ring (bicyclic) bond motifs is 1. The summed E-state index contributed by atoms with van der Waals surface area (Å²) in [4.78, 5) is 0. The summed E-state index contributed by atoms with van der Waals surface area (Å²) in [6.45, 7) is 2.23. The molecule has 2 aliphatic heterocycles. The summed E-state index contributed by atoms with van der Waals surface area (Å²) >= 11 is 0. The molecule has 2 aliphatic rings. The summed E-state index contributed by atoms with van der Waals surface area (Å²) in [5, 5.41) is 7.12. The quantitative estimate of drug-likeness (QED) is 0.754. The predicted molar refractivity (Wildman–Crippen MR) is 65.2 cm³/mol. The molecule has 86 valence electrons. The lowest BCUT2D eigenvalue weighted by Gasteiger charge is -2.34. The van der Waals surface area contributed by atoms with E-state index in [1.165, 1.54) is 24.1 Å². The second-order valence-electron chi connectivity index (χ2n) is 4.82. The summed E-state index contributed by atoms with van der Waals surface area (Å²) in [5.41, 5.74) is 2.90. The third-order valence-corrected chi connectivity index (χ3v) is 3.83. The van der Waals surface area contributed by atoms with Crippen LogP contribution in [0.15, 0.2) is 18.2 Å². The molecule has 1 saturated heterocycles. The Morgan fingerprint density at radius 1 is 1.25 bits per heavy atom. The van der Waals surface area contributed by atoms with Gasteiger partial charge < -0.3 is 15.4 Å². The Hall–Kier alpha value is -1.22. The van der Waals surface area contributed by atoms with E-state index in [-0.39, 0.29) is 5.54 Å². The van der Waals surface area contributed by atoms with Crippen molar-refractivity contribution in [3.63, 3.8) is 0 Å². The Morgan fingerprint density at radius 2 is 2.06 bits per heavy atom. The van der Waals surface area contributed by atoms with Crippen molar-refractivity contribution in [2.75, 3.05) is 25.5 Å². The Labute approximate surface area is 96.2 Å². The van der Waals surface area contributed by atoms with Gasteiger partial charge in [-0.05, 0) is 38.1 Å². The van der Waals surface area contributed by atoms with Crippen LogP contribution in [0.25, 0.3) is 0 Å². The predicted octanol–water partition coefficient (Wildman–Crippen LogP) is 1.79. The van der Waals surface area contributed by atoms with E-state index in [9.17, 15) is 0 Å². The van der Waals surface area contributed by atoms with Crippen LogP contribution in [0.4, 0.5) is 5.69 Å². The van der Waals surface area contributed by atoms with Crippen molar-refractivity contribution in [3.8, 4) is 5.75 Å². The summed E-state index contributed by atoms with van der Waals surface area (Å²) in [6, 6.07) is 6.28. The molecular formula is C13H18N2O. The number of hydrogen-bond acceptors (Lipinski definition) is 3. The molecule has 0 atom stereocenters. The van der Waals surface area contributed by atoms with Crippen molar-refractivity contribution in [2.45, 2.75) is 24.8 Å². The van der Waals surface area contributed by atoms with Crippen LogP contribution < -0.4 is 15.4 Å². The van der Waals surface area contributed by atoms with E-state index in [1.54, 1.807) is 7.11 Å². The average Bonchev–Trinajstić information content (AvgIpc) is 2.67. The molecule has 1 fully saturated rings. The first kappa shape index (κ1) is 9.97. The SMILES string of the molecule is COc1cccc2c1CC1(CCNCC1)N2. The van der Waals surface area contributed by atoms with Gasteiger partial charge in [0.1, 0.15) is 5.75 Å². The van der Waals surface area contributed by atoms with E-state index in [4.69, 9.17) is 4.74 Å². The monoisotopic (exact) mass is 218 g/mol. The molecule has 0 saturated carbocycles. The number of ether oxygens (including phenoxy) is 1. The molecule has 1 spiro atoms. The van der Waals surface area contributed by atoms with Gasteiger partial charge in [0.05, 0.1) is 7.11 Å². The molecular weight excluding hydrogens is 200 g/mol. The zero-order chi connectivity index (χ0) is 11.0. The first-order valence-corrected chi connectivity index (χ1v) is 5.98. The molecule has 16 heavy (non-hydrogen) atoms. The molecule has 3 rings (SSSR count). The highest BCUT2D eigenvalue weighted by molar-refractivity contribution is 5.64. The number of hydrogen-bond donors (Lipinski definition) is 2. The average molecular weight is 218 g/mol. The van der Waals surface area contributed by atoms with Crippen molar-refractivity contribution >= 4 is 5.69 Å². The minimum atomic E-state index is 0.280. The number of methoxy groups -OCH3 is 1. The maximum Gasteiger partial charge on any atom is 0.124 e. The van der Waals surface area contributed by atoms with Crippen molar-refractivity contribution in [1.82, 2.24) is 5.32 Å². The standard InChI is InChI=1S/C13H18N2O/c1-16-12-4-2-3-11-10(12)9-13(15-11)5-7-14-8-6-13/h2-4,14-15H,5-9H2,1H3. The Morgan fingerprint density at radius 3 is 2.81 bits per heavy atom. The van der Waals surface area contributed by atoms with Crippen LogP contribution in [0.2, 0.25) is 0 Å². The number of piperidine rings is 1. The van der Waals surface area contributed by atoms with Crippen molar-refractivity contribution in [1.29, 1.82) is 0 Å². The minimum Gasteiger partial charge on any atom is -0.496 e. The summed E-state index contributed by atoms with van der Waals surface area (Å²) < 4.78 is 5.44. The molecule has 0 amide bonds. The van der Waals surface area contributed by atoms with Crippen LogP contribution in [0, 0.1) is 0 Å². The first-order valence-electron chi connectivity index (χ1n) is 5.98. The van der Waals surface area contributed by atoms with Gasteiger partial charge in [-0.25, -0.2) is 0 Å². The summed E-state index contributed by atoms with van der Waals surface area (Å²) in [5.74, 6) is 1.03. The molecule has 0 aromatic heterocycles. The van der Waals surface area contributed by atoms with Gasteiger partial charge in [-0.1, -0.05) is 6.07 Å². The number of rotatable bonds is 1. The van der Waals surface area contributed by atoms with E-state index in [0.717, 1.165) is 25.3 Å². The second kappa shape index (κ2) is 3.67. The summed E-state index contributed by atoms with van der Waals surface area (Å²) in [7, 11) is 1.75. The zero-order valence-electron chi connectivity index (χ0n) is 9.68. The fraction of sp³-hybridized carbons (Fsp3) is 0.538. The lowest BCUT2D eigenvalue weighted by atomic mass is 9.85. The molecule has 2 heterocycles. The van der Waals surface area contributed by atoms with Gasteiger partial charge in [-0.2, -0.15) is 0 Å². The number of anilines is 1. The molecule has 2 N–H and O–H groups in total. The maximum atomic E-state index is 5.44. The van der Waals surface area contributed by atoms with Crippen molar-refractivity contribution < 1.29 is 4.74 Å². The maximum absolute atomic E-state index is 5.44. The van der Waals surface area contributed by atoms with Gasteiger partial charge in [0.2, 0.25) is 0 Å². The van der Waals surface area contributed by atoms with Crippen LogP contribution in [-0.4, -0.2) is 25.7 Å². The molecule has 1 aromatic rings. The largest absolute Gasteiger partial charge is 0.496 e. The van der Waals surface area contributed by atoms with Gasteiger partial charge in [0.15, 0.2) is 0 Å². The summed E-state index contributed by atoms with van der Waals surface area (Å²) in [6.07, 6.45) is 3.50. The van der Waals surface area contributed by atoms with Gasteiger partial charge >= 0.3 is 0 Å². The smallest absolute Gasteiger partial charge is 0.124 e. The van der Waals surface area contributed by atoms with E-state index < -0.39 is 0 Å². The molecule has 0 radical (unpaired) electrons.